The van der Waals surface area contributed by atoms with Gasteiger partial charge in [-0.2, -0.15) is 18.4 Å². The molecule has 0 bridgehead atoms. The second kappa shape index (κ2) is 12.8. The number of alkyl halides is 3. The van der Waals surface area contributed by atoms with Crippen molar-refractivity contribution in [3.63, 3.8) is 0 Å². The van der Waals surface area contributed by atoms with Crippen LogP contribution in [0.4, 0.5) is 13.2 Å². The first-order chi connectivity index (χ1) is 22.0. The van der Waals surface area contributed by atoms with Crippen LogP contribution in [0.5, 0.6) is 0 Å². The molecule has 2 amide bonds. The molecule has 1 atom stereocenters. The van der Waals surface area contributed by atoms with E-state index in [2.05, 4.69) is 72.5 Å². The Balaban J connectivity index is 1.54. The monoisotopic (exact) mass is 652 g/mol. The van der Waals surface area contributed by atoms with E-state index in [4.69, 9.17) is 4.99 Å². The number of amides is 2. The summed E-state index contributed by atoms with van der Waals surface area (Å²) >= 11 is 0. The van der Waals surface area contributed by atoms with Gasteiger partial charge >= 0.3 is 6.18 Å². The van der Waals surface area contributed by atoms with E-state index in [-0.39, 0.29) is 29.0 Å². The molecule has 2 N–H and O–H groups in total. The van der Waals surface area contributed by atoms with Crippen LogP contribution in [-0.2, 0) is 17.5 Å². The van der Waals surface area contributed by atoms with Crippen LogP contribution in [-0.4, -0.2) is 53.7 Å². The molecule has 47 heavy (non-hydrogen) atoms. The summed E-state index contributed by atoms with van der Waals surface area (Å²) in [5.74, 6) is -0.164. The van der Waals surface area contributed by atoms with Gasteiger partial charge in [0.15, 0.2) is 11.5 Å². The molecule has 1 aliphatic heterocycles. The maximum Gasteiger partial charge on any atom is 0.418 e. The summed E-state index contributed by atoms with van der Waals surface area (Å²) in [5.41, 5.74) is -1.53. The summed E-state index contributed by atoms with van der Waals surface area (Å²) in [7, 11) is 0. The highest BCUT2D eigenvalue weighted by Gasteiger charge is 2.54. The minimum atomic E-state index is -4.71. The molecule has 13 heteroatoms. The van der Waals surface area contributed by atoms with Crippen molar-refractivity contribution in [1.82, 2.24) is 35.8 Å². The summed E-state index contributed by atoms with van der Waals surface area (Å²) in [6.07, 6.45) is 0.478. The Kier molecular flexibility index (Phi) is 9.31. The quantitative estimate of drug-likeness (QED) is 0.280. The number of benzene rings is 1. The number of tetrazole rings is 1. The Morgan fingerprint density at radius 2 is 1.74 bits per heavy atom. The zero-order chi connectivity index (χ0) is 34.2. The molecule has 2 aliphatic rings. The average molecular weight is 653 g/mol. The number of carbonyl (C=O) groups is 2. The van der Waals surface area contributed by atoms with Crippen LogP contribution in [0.1, 0.15) is 119 Å². The number of nitrogens with zero attached hydrogens (tertiary/aromatic N) is 6. The maximum absolute atomic E-state index is 14.6. The van der Waals surface area contributed by atoms with Gasteiger partial charge in [0.2, 0.25) is 0 Å². The first kappa shape index (κ1) is 34.2. The van der Waals surface area contributed by atoms with Gasteiger partial charge in [0.25, 0.3) is 11.8 Å². The number of halogens is 3. The van der Waals surface area contributed by atoms with Crippen molar-refractivity contribution in [2.45, 2.75) is 104 Å². The molecule has 2 aromatic heterocycles. The van der Waals surface area contributed by atoms with Gasteiger partial charge in [0, 0.05) is 11.8 Å². The molecule has 0 radical (unpaired) electrons. The number of aromatic amines is 1. The molecule has 252 valence electrons. The summed E-state index contributed by atoms with van der Waals surface area (Å²) in [4.78, 5) is 38.2. The molecule has 1 spiro atoms. The van der Waals surface area contributed by atoms with Crippen molar-refractivity contribution in [3.05, 3.63) is 70.8 Å². The fraction of sp³-hybridized carbons (Fsp3) is 0.559. The van der Waals surface area contributed by atoms with Gasteiger partial charge in [-0.3, -0.25) is 14.6 Å². The molecule has 1 aliphatic carbocycles. The summed E-state index contributed by atoms with van der Waals surface area (Å²) < 4.78 is 42.6. The first-order valence-corrected chi connectivity index (χ1v) is 16.1. The minimum absolute atomic E-state index is 0.0395. The van der Waals surface area contributed by atoms with Gasteiger partial charge in [-0.25, -0.2) is 4.99 Å². The van der Waals surface area contributed by atoms with Crippen molar-refractivity contribution in [2.75, 3.05) is 0 Å². The third-order valence-electron chi connectivity index (χ3n) is 9.37. The van der Waals surface area contributed by atoms with Gasteiger partial charge in [0.05, 0.1) is 18.2 Å². The molecule has 0 unspecified atom stereocenters. The Bertz CT molecular complexity index is 1600. The van der Waals surface area contributed by atoms with Crippen molar-refractivity contribution in [3.8, 4) is 0 Å². The lowest BCUT2D eigenvalue weighted by molar-refractivity contribution is -0.138. The minimum Gasteiger partial charge on any atom is -0.345 e. The van der Waals surface area contributed by atoms with Crippen molar-refractivity contribution >= 4 is 17.5 Å². The van der Waals surface area contributed by atoms with Gasteiger partial charge in [-0.1, -0.05) is 58.9 Å². The summed E-state index contributed by atoms with van der Waals surface area (Å²) in [6.45, 7) is 13.0. The van der Waals surface area contributed by atoms with E-state index in [0.29, 0.717) is 36.6 Å². The predicted octanol–water partition coefficient (Wildman–Crippen LogP) is 6.68. The largest absolute Gasteiger partial charge is 0.418 e. The lowest BCUT2D eigenvalue weighted by Crippen LogP contribution is -2.51. The van der Waals surface area contributed by atoms with E-state index in [1.54, 1.807) is 17.0 Å². The van der Waals surface area contributed by atoms with Gasteiger partial charge in [0.1, 0.15) is 11.4 Å². The van der Waals surface area contributed by atoms with Gasteiger partial charge in [-0.05, 0) is 85.1 Å². The molecule has 3 aromatic rings. The number of rotatable bonds is 8. The van der Waals surface area contributed by atoms with E-state index >= 15 is 0 Å². The fourth-order valence-corrected chi connectivity index (χ4v) is 6.71. The van der Waals surface area contributed by atoms with E-state index in [1.807, 2.05) is 12.1 Å². The fourth-order valence-electron chi connectivity index (χ4n) is 6.71. The van der Waals surface area contributed by atoms with Crippen LogP contribution in [0.25, 0.3) is 0 Å². The molecule has 1 fully saturated rings. The number of H-pyrrole nitrogens is 1. The lowest BCUT2D eigenvalue weighted by atomic mass is 9.69. The molecule has 1 saturated carbocycles. The highest BCUT2D eigenvalue weighted by Crippen LogP contribution is 2.50. The van der Waals surface area contributed by atoms with Crippen LogP contribution in [0.15, 0.2) is 47.6 Å². The highest BCUT2D eigenvalue weighted by atomic mass is 19.4. The molecular weight excluding hydrogens is 609 g/mol. The molecule has 5 rings (SSSR count). The lowest BCUT2D eigenvalue weighted by Gasteiger charge is -2.47. The maximum atomic E-state index is 14.6. The zero-order valence-corrected chi connectivity index (χ0v) is 27.8. The topological polar surface area (TPSA) is 129 Å². The molecule has 1 aromatic carbocycles. The van der Waals surface area contributed by atoms with Crippen LogP contribution in [0, 0.1) is 16.7 Å². The number of aromatic nitrogens is 5. The molecule has 3 heterocycles. The highest BCUT2D eigenvalue weighted by molar-refractivity contribution is 6.46. The predicted molar refractivity (Wildman–Crippen MR) is 170 cm³/mol. The van der Waals surface area contributed by atoms with E-state index in [9.17, 15) is 22.8 Å². The number of hydrogen-bond acceptors (Lipinski definition) is 7. The van der Waals surface area contributed by atoms with Crippen molar-refractivity contribution < 1.29 is 22.8 Å². The van der Waals surface area contributed by atoms with Gasteiger partial charge in [-0.15, -0.1) is 10.2 Å². The van der Waals surface area contributed by atoms with Gasteiger partial charge < -0.3 is 10.2 Å². The number of nitrogens with one attached hydrogen (secondary N) is 2. The number of aliphatic imine (C=N–C) groups is 1. The second-order valence-corrected chi connectivity index (χ2v) is 14.9. The SMILES string of the molecule is CC(C)(C)CC[C@H](c1ccc(C(=O)NCc2nn[nH]n2)cc1)N1C(=O)C(c2ncccc2C(F)(F)F)=NC12CCC(C(C)(C)C)CC2. The zero-order valence-electron chi connectivity index (χ0n) is 27.8. The average Bonchev–Trinajstić information content (AvgIpc) is 3.62. The van der Waals surface area contributed by atoms with E-state index in [1.165, 1.54) is 12.3 Å². The number of pyridine rings is 1. The normalized spacial score (nSPS) is 21.2. The van der Waals surface area contributed by atoms with Crippen LogP contribution >= 0.6 is 0 Å². The second-order valence-electron chi connectivity index (χ2n) is 14.9. The Morgan fingerprint density at radius 1 is 1.06 bits per heavy atom. The number of hydrogen-bond donors (Lipinski definition) is 2. The summed E-state index contributed by atoms with van der Waals surface area (Å²) in [6, 6.07) is 8.69. The van der Waals surface area contributed by atoms with Crippen molar-refractivity contribution in [1.29, 1.82) is 0 Å². The third kappa shape index (κ3) is 7.54. The molecule has 10 nitrogen and oxygen atoms in total. The molecule has 0 saturated heterocycles. The standard InChI is InChI=1S/C34H43F3N8O2/c1-31(2,3)16-15-25(21-9-11-22(12-10-21)29(46)39-20-26-41-43-44-42-26)45-30(47)28(27-24(34(35,36)37)8-7-19-38-27)40-33(45)17-13-23(14-18-33)32(4,5)6/h7-12,19,23,25H,13-18,20H2,1-6H3,(H,39,46)(H,41,42,43,44)/t23?,25-,33?/m1/s1. The van der Waals surface area contributed by atoms with Crippen LogP contribution in [0.2, 0.25) is 0 Å². The molecular formula is C34H43F3N8O2. The van der Waals surface area contributed by atoms with Crippen molar-refractivity contribution in [2.24, 2.45) is 21.7 Å². The number of carbonyl (C=O) groups excluding carboxylic acids is 2. The van der Waals surface area contributed by atoms with Crippen LogP contribution < -0.4 is 5.32 Å². The smallest absolute Gasteiger partial charge is 0.345 e. The van der Waals surface area contributed by atoms with E-state index in [0.717, 1.165) is 30.9 Å². The Labute approximate surface area is 273 Å². The van der Waals surface area contributed by atoms with Crippen LogP contribution in [0.3, 0.4) is 0 Å². The summed E-state index contributed by atoms with van der Waals surface area (Å²) in [5, 5.41) is 16.3. The van der Waals surface area contributed by atoms with E-state index < -0.39 is 35.0 Å². The Morgan fingerprint density at radius 3 is 2.32 bits per heavy atom. The Hall–Kier alpha value is -4.16. The third-order valence-corrected chi connectivity index (χ3v) is 9.37. The first-order valence-electron chi connectivity index (χ1n) is 16.1.